The third-order valence-electron chi connectivity index (χ3n) is 3.91. The molecule has 0 fully saturated rings. The molecule has 17 heavy (non-hydrogen) atoms. The summed E-state index contributed by atoms with van der Waals surface area (Å²) in [6.45, 7) is 7.48. The van der Waals surface area contributed by atoms with Crippen LogP contribution in [0.5, 0.6) is 0 Å². The van der Waals surface area contributed by atoms with Crippen molar-refractivity contribution in [2.24, 2.45) is 5.73 Å². The molecular formula is C13H26N4. The number of rotatable bonds is 6. The van der Waals surface area contributed by atoms with E-state index in [0.29, 0.717) is 0 Å². The van der Waals surface area contributed by atoms with Gasteiger partial charge in [0, 0.05) is 18.3 Å². The summed E-state index contributed by atoms with van der Waals surface area (Å²) in [7, 11) is 4.17. The van der Waals surface area contributed by atoms with Gasteiger partial charge in [-0.2, -0.15) is 5.10 Å². The first kappa shape index (κ1) is 14.2. The molecule has 1 aromatic heterocycles. The SMILES string of the molecule is CCCn1nccc1C(N)C(C)(CC)N(C)C. The largest absolute Gasteiger partial charge is 0.321 e. The Morgan fingerprint density at radius 2 is 2.12 bits per heavy atom. The van der Waals surface area contributed by atoms with Crippen LogP contribution < -0.4 is 5.73 Å². The van der Waals surface area contributed by atoms with Crippen LogP contribution in [-0.2, 0) is 6.54 Å². The van der Waals surface area contributed by atoms with Crippen LogP contribution >= 0.6 is 0 Å². The van der Waals surface area contributed by atoms with Crippen molar-refractivity contribution in [2.45, 2.75) is 51.7 Å². The van der Waals surface area contributed by atoms with Gasteiger partial charge in [-0.15, -0.1) is 0 Å². The highest BCUT2D eigenvalue weighted by atomic mass is 15.3. The summed E-state index contributed by atoms with van der Waals surface area (Å²) in [6.07, 6.45) is 3.93. The van der Waals surface area contributed by atoms with Crippen molar-refractivity contribution in [3.05, 3.63) is 18.0 Å². The van der Waals surface area contributed by atoms with Crippen molar-refractivity contribution >= 4 is 0 Å². The summed E-state index contributed by atoms with van der Waals surface area (Å²) in [6, 6.07) is 2.02. The molecule has 0 aliphatic heterocycles. The molecule has 0 aliphatic rings. The van der Waals surface area contributed by atoms with Gasteiger partial charge in [0.05, 0.1) is 11.7 Å². The number of aromatic nitrogens is 2. The number of aryl methyl sites for hydroxylation is 1. The van der Waals surface area contributed by atoms with E-state index in [1.807, 2.05) is 16.9 Å². The first-order valence-electron chi connectivity index (χ1n) is 6.42. The summed E-state index contributed by atoms with van der Waals surface area (Å²) >= 11 is 0. The van der Waals surface area contributed by atoms with Crippen LogP contribution in [0.25, 0.3) is 0 Å². The fourth-order valence-corrected chi connectivity index (χ4v) is 2.14. The van der Waals surface area contributed by atoms with Gasteiger partial charge in [-0.3, -0.25) is 4.68 Å². The third kappa shape index (κ3) is 2.69. The number of hydrogen-bond acceptors (Lipinski definition) is 3. The van der Waals surface area contributed by atoms with Gasteiger partial charge in [0.25, 0.3) is 0 Å². The topological polar surface area (TPSA) is 47.1 Å². The van der Waals surface area contributed by atoms with Crippen molar-refractivity contribution in [3.63, 3.8) is 0 Å². The van der Waals surface area contributed by atoms with Crippen LogP contribution in [0.4, 0.5) is 0 Å². The molecule has 0 bridgehead atoms. The van der Waals surface area contributed by atoms with E-state index in [9.17, 15) is 0 Å². The Balaban J connectivity index is 3.01. The smallest absolute Gasteiger partial charge is 0.0650 e. The summed E-state index contributed by atoms with van der Waals surface area (Å²) in [5, 5.41) is 4.35. The molecule has 2 N–H and O–H groups in total. The predicted molar refractivity (Wildman–Crippen MR) is 71.8 cm³/mol. The van der Waals surface area contributed by atoms with E-state index in [2.05, 4.69) is 44.9 Å². The highest BCUT2D eigenvalue weighted by Crippen LogP contribution is 2.30. The fourth-order valence-electron chi connectivity index (χ4n) is 2.14. The number of hydrogen-bond donors (Lipinski definition) is 1. The lowest BCUT2D eigenvalue weighted by Crippen LogP contribution is -2.50. The number of nitrogens with two attached hydrogens (primary N) is 1. The Hall–Kier alpha value is -0.870. The van der Waals surface area contributed by atoms with Gasteiger partial charge < -0.3 is 10.6 Å². The fraction of sp³-hybridized carbons (Fsp3) is 0.769. The molecule has 0 aliphatic carbocycles. The second-order valence-corrected chi connectivity index (χ2v) is 5.06. The first-order valence-corrected chi connectivity index (χ1v) is 6.42. The zero-order valence-electron chi connectivity index (χ0n) is 11.8. The Morgan fingerprint density at radius 3 is 2.59 bits per heavy atom. The van der Waals surface area contributed by atoms with Crippen molar-refractivity contribution in [1.29, 1.82) is 0 Å². The quantitative estimate of drug-likeness (QED) is 0.825. The van der Waals surface area contributed by atoms with Gasteiger partial charge in [0.15, 0.2) is 0 Å². The number of likely N-dealkylation sites (N-methyl/N-ethyl adjacent to an activating group) is 1. The zero-order chi connectivity index (χ0) is 13.1. The van der Waals surface area contributed by atoms with Crippen LogP contribution in [0.15, 0.2) is 12.3 Å². The average molecular weight is 238 g/mol. The molecule has 0 spiro atoms. The van der Waals surface area contributed by atoms with E-state index in [0.717, 1.165) is 25.1 Å². The van der Waals surface area contributed by atoms with Crippen molar-refractivity contribution in [3.8, 4) is 0 Å². The van der Waals surface area contributed by atoms with Crippen LogP contribution in [0.3, 0.4) is 0 Å². The molecule has 2 atom stereocenters. The normalized spacial score (nSPS) is 17.1. The molecule has 0 amide bonds. The minimum absolute atomic E-state index is 0.0171. The van der Waals surface area contributed by atoms with Crippen LogP contribution in [0.1, 0.15) is 45.3 Å². The van der Waals surface area contributed by atoms with Crippen LogP contribution in [0, 0.1) is 0 Å². The molecule has 1 aromatic rings. The van der Waals surface area contributed by atoms with Gasteiger partial charge in [0.1, 0.15) is 0 Å². The van der Waals surface area contributed by atoms with E-state index < -0.39 is 0 Å². The van der Waals surface area contributed by atoms with Gasteiger partial charge in [-0.25, -0.2) is 0 Å². The average Bonchev–Trinajstić information content (AvgIpc) is 2.75. The molecule has 0 radical (unpaired) electrons. The molecule has 4 nitrogen and oxygen atoms in total. The second-order valence-electron chi connectivity index (χ2n) is 5.06. The van der Waals surface area contributed by atoms with Gasteiger partial charge >= 0.3 is 0 Å². The summed E-state index contributed by atoms with van der Waals surface area (Å²) in [5.74, 6) is 0. The van der Waals surface area contributed by atoms with E-state index in [1.54, 1.807) is 0 Å². The third-order valence-corrected chi connectivity index (χ3v) is 3.91. The van der Waals surface area contributed by atoms with Crippen molar-refractivity contribution in [2.75, 3.05) is 14.1 Å². The lowest BCUT2D eigenvalue weighted by Gasteiger charge is -2.40. The predicted octanol–water partition coefficient (Wildman–Crippen LogP) is 2.02. The summed E-state index contributed by atoms with van der Waals surface area (Å²) in [5.41, 5.74) is 7.55. The van der Waals surface area contributed by atoms with Gasteiger partial charge in [0.2, 0.25) is 0 Å². The standard InChI is InChI=1S/C13H26N4/c1-6-10-17-11(8-9-15-17)12(14)13(3,7-2)16(4)5/h8-9,12H,6-7,10,14H2,1-5H3. The minimum atomic E-state index is -0.0362. The molecule has 0 saturated carbocycles. The van der Waals surface area contributed by atoms with E-state index in [-0.39, 0.29) is 11.6 Å². The van der Waals surface area contributed by atoms with Crippen molar-refractivity contribution < 1.29 is 0 Å². The van der Waals surface area contributed by atoms with Gasteiger partial charge in [-0.1, -0.05) is 13.8 Å². The Morgan fingerprint density at radius 1 is 1.47 bits per heavy atom. The highest BCUT2D eigenvalue weighted by molar-refractivity contribution is 5.13. The van der Waals surface area contributed by atoms with E-state index in [1.165, 1.54) is 0 Å². The maximum atomic E-state index is 6.46. The molecule has 4 heteroatoms. The molecule has 98 valence electrons. The van der Waals surface area contributed by atoms with Crippen LogP contribution in [-0.4, -0.2) is 34.3 Å². The summed E-state index contributed by atoms with van der Waals surface area (Å²) < 4.78 is 2.03. The maximum absolute atomic E-state index is 6.46. The molecule has 0 aromatic carbocycles. The Labute approximate surface area is 105 Å². The van der Waals surface area contributed by atoms with Gasteiger partial charge in [-0.05, 0) is 39.9 Å². The monoisotopic (exact) mass is 238 g/mol. The Bertz CT molecular complexity index is 345. The minimum Gasteiger partial charge on any atom is -0.321 e. The van der Waals surface area contributed by atoms with Crippen LogP contribution in [0.2, 0.25) is 0 Å². The molecular weight excluding hydrogens is 212 g/mol. The highest BCUT2D eigenvalue weighted by Gasteiger charge is 2.34. The zero-order valence-corrected chi connectivity index (χ0v) is 11.8. The van der Waals surface area contributed by atoms with E-state index in [4.69, 9.17) is 5.73 Å². The second kappa shape index (κ2) is 5.65. The lowest BCUT2D eigenvalue weighted by molar-refractivity contribution is 0.127. The Kier molecular flexibility index (Phi) is 4.71. The first-order chi connectivity index (χ1) is 7.97. The molecule has 1 rings (SSSR count). The molecule has 2 unspecified atom stereocenters. The maximum Gasteiger partial charge on any atom is 0.0650 e. The molecule has 0 saturated heterocycles. The number of nitrogens with zero attached hydrogens (tertiary/aromatic N) is 3. The van der Waals surface area contributed by atoms with E-state index >= 15 is 0 Å². The summed E-state index contributed by atoms with van der Waals surface area (Å²) in [4.78, 5) is 2.21. The van der Waals surface area contributed by atoms with Crippen molar-refractivity contribution in [1.82, 2.24) is 14.7 Å². The molecule has 1 heterocycles. The lowest BCUT2D eigenvalue weighted by atomic mass is 9.86.